The minimum absolute atomic E-state index is 0.339. The molecule has 0 aliphatic rings. The van der Waals surface area contributed by atoms with E-state index in [9.17, 15) is 0 Å². The van der Waals surface area contributed by atoms with E-state index in [0.29, 0.717) is 5.92 Å². The molecular weight excluding hydrogens is 190 g/mol. The quantitative estimate of drug-likeness (QED) is 0.396. The molecule has 0 spiro atoms. The molecule has 0 amide bonds. The average molecular weight is 209 g/mol. The van der Waals surface area contributed by atoms with Crippen LogP contribution in [-0.4, -0.2) is 7.11 Å². The van der Waals surface area contributed by atoms with Crippen LogP contribution in [0.5, 0.6) is 5.75 Å². The topological polar surface area (TPSA) is 73.3 Å². The first-order chi connectivity index (χ1) is 7.10. The van der Waals surface area contributed by atoms with Crippen LogP contribution in [0, 0.1) is 0 Å². The number of nitrogens with two attached hydrogens (primary N) is 2. The molecule has 1 aromatic carbocycles. The van der Waals surface area contributed by atoms with E-state index in [4.69, 9.17) is 16.3 Å². The van der Waals surface area contributed by atoms with Crippen LogP contribution in [-0.2, 0) is 0 Å². The Kier molecular flexibility index (Phi) is 4.08. The lowest BCUT2D eigenvalue weighted by Crippen LogP contribution is -2.34. The van der Waals surface area contributed by atoms with Gasteiger partial charge in [-0.3, -0.25) is 5.84 Å². The molecule has 0 aromatic heterocycles. The van der Waals surface area contributed by atoms with Crippen LogP contribution < -0.4 is 21.7 Å². The van der Waals surface area contributed by atoms with Crippen molar-refractivity contribution in [3.63, 3.8) is 0 Å². The molecule has 0 bridgehead atoms. The minimum atomic E-state index is -0.339. The van der Waals surface area contributed by atoms with Crippen LogP contribution >= 0.6 is 0 Å². The number of benzene rings is 1. The Hall–Kier alpha value is -1.10. The third-order valence-electron chi connectivity index (χ3n) is 2.41. The summed E-state index contributed by atoms with van der Waals surface area (Å²) in [5, 5.41) is 0. The Morgan fingerprint density at radius 3 is 2.47 bits per heavy atom. The molecule has 15 heavy (non-hydrogen) atoms. The van der Waals surface area contributed by atoms with Crippen LogP contribution in [0.4, 0.5) is 0 Å². The zero-order valence-electron chi connectivity index (χ0n) is 9.45. The van der Waals surface area contributed by atoms with Gasteiger partial charge in [0.15, 0.2) is 0 Å². The maximum Gasteiger partial charge on any atom is 0.122 e. The van der Waals surface area contributed by atoms with Crippen LogP contribution in [0.15, 0.2) is 18.2 Å². The molecule has 84 valence electrons. The molecule has 5 N–H and O–H groups in total. The normalized spacial score (nSPS) is 12.9. The van der Waals surface area contributed by atoms with Crippen molar-refractivity contribution in [1.29, 1.82) is 0 Å². The van der Waals surface area contributed by atoms with Gasteiger partial charge in [0.2, 0.25) is 0 Å². The Morgan fingerprint density at radius 2 is 2.00 bits per heavy atom. The van der Waals surface area contributed by atoms with Crippen molar-refractivity contribution in [1.82, 2.24) is 5.43 Å². The summed E-state index contributed by atoms with van der Waals surface area (Å²) in [7, 11) is 1.67. The fraction of sp³-hybridized carbons (Fsp3) is 0.455. The van der Waals surface area contributed by atoms with Crippen molar-refractivity contribution in [3.8, 4) is 5.75 Å². The van der Waals surface area contributed by atoms with E-state index < -0.39 is 0 Å². The van der Waals surface area contributed by atoms with Gasteiger partial charge in [-0.2, -0.15) is 0 Å². The zero-order valence-corrected chi connectivity index (χ0v) is 9.45. The van der Waals surface area contributed by atoms with Crippen molar-refractivity contribution in [2.45, 2.75) is 25.9 Å². The molecule has 0 fully saturated rings. The predicted molar refractivity (Wildman–Crippen MR) is 61.3 cm³/mol. The minimum Gasteiger partial charge on any atom is -0.496 e. The molecule has 0 saturated heterocycles. The largest absolute Gasteiger partial charge is 0.496 e. The van der Waals surface area contributed by atoms with Gasteiger partial charge in [0.05, 0.1) is 13.3 Å². The molecule has 0 aliphatic heterocycles. The average Bonchev–Trinajstić information content (AvgIpc) is 2.27. The number of rotatable bonds is 4. The van der Waals surface area contributed by atoms with Crippen LogP contribution in [0.1, 0.15) is 37.1 Å². The summed E-state index contributed by atoms with van der Waals surface area (Å²) in [5.74, 6) is 6.57. The van der Waals surface area contributed by atoms with Gasteiger partial charge in [-0.25, -0.2) is 5.43 Å². The van der Waals surface area contributed by atoms with Crippen molar-refractivity contribution in [2.24, 2.45) is 11.6 Å². The number of nitrogens with one attached hydrogen (secondary N) is 1. The molecule has 4 heteroatoms. The van der Waals surface area contributed by atoms with E-state index in [0.717, 1.165) is 16.9 Å². The van der Waals surface area contributed by atoms with Gasteiger partial charge in [0.1, 0.15) is 5.75 Å². The summed E-state index contributed by atoms with van der Waals surface area (Å²) in [6.45, 7) is 4.23. The smallest absolute Gasteiger partial charge is 0.122 e. The monoisotopic (exact) mass is 209 g/mol. The third-order valence-corrected chi connectivity index (χ3v) is 2.41. The van der Waals surface area contributed by atoms with Crippen LogP contribution in [0.25, 0.3) is 0 Å². The lowest BCUT2D eigenvalue weighted by atomic mass is 9.99. The summed E-state index contributed by atoms with van der Waals surface area (Å²) < 4.78 is 5.28. The van der Waals surface area contributed by atoms with Crippen LogP contribution in [0.3, 0.4) is 0 Å². The third kappa shape index (κ3) is 2.68. The van der Waals surface area contributed by atoms with Gasteiger partial charge in [-0.05, 0) is 29.2 Å². The molecule has 1 unspecified atom stereocenters. The van der Waals surface area contributed by atoms with Crippen LogP contribution in [0.2, 0.25) is 0 Å². The number of methoxy groups -OCH3 is 1. The van der Waals surface area contributed by atoms with E-state index in [2.05, 4.69) is 19.3 Å². The Morgan fingerprint density at radius 1 is 1.33 bits per heavy atom. The standard InChI is InChI=1S/C11H19N3O/c1-7(2)9-6-8(11(12)14-13)4-5-10(9)15-3/h4-7,11,14H,12-13H2,1-3H3. The van der Waals surface area contributed by atoms with Gasteiger partial charge in [-0.1, -0.05) is 19.9 Å². The Bertz CT molecular complexity index is 326. The molecule has 0 aliphatic carbocycles. The van der Waals surface area contributed by atoms with Crippen molar-refractivity contribution in [2.75, 3.05) is 7.11 Å². The summed E-state index contributed by atoms with van der Waals surface area (Å²) >= 11 is 0. The Balaban J connectivity index is 3.10. The lowest BCUT2D eigenvalue weighted by Gasteiger charge is -2.16. The second-order valence-corrected chi connectivity index (χ2v) is 3.80. The fourth-order valence-electron chi connectivity index (χ4n) is 1.49. The highest BCUT2D eigenvalue weighted by Gasteiger charge is 2.11. The molecule has 1 atom stereocenters. The number of hydrazine groups is 1. The summed E-state index contributed by atoms with van der Waals surface area (Å²) in [6.07, 6.45) is -0.339. The lowest BCUT2D eigenvalue weighted by molar-refractivity contribution is 0.407. The van der Waals surface area contributed by atoms with Gasteiger partial charge < -0.3 is 10.5 Å². The second-order valence-electron chi connectivity index (χ2n) is 3.80. The highest BCUT2D eigenvalue weighted by atomic mass is 16.5. The molecule has 4 nitrogen and oxygen atoms in total. The zero-order chi connectivity index (χ0) is 11.4. The summed E-state index contributed by atoms with van der Waals surface area (Å²) in [4.78, 5) is 0. The molecule has 0 radical (unpaired) electrons. The summed E-state index contributed by atoms with van der Waals surface area (Å²) in [6, 6.07) is 5.85. The SMILES string of the molecule is COc1ccc(C(N)NN)cc1C(C)C. The molecule has 0 heterocycles. The van der Waals surface area contributed by atoms with Crippen molar-refractivity contribution >= 4 is 0 Å². The van der Waals surface area contributed by atoms with E-state index in [1.807, 2.05) is 18.2 Å². The first kappa shape index (κ1) is 12.0. The first-order valence-corrected chi connectivity index (χ1v) is 4.99. The molecule has 1 rings (SSSR count). The highest BCUT2D eigenvalue weighted by Crippen LogP contribution is 2.28. The van der Waals surface area contributed by atoms with Crippen molar-refractivity contribution in [3.05, 3.63) is 29.3 Å². The summed E-state index contributed by atoms with van der Waals surface area (Å²) in [5.41, 5.74) is 10.4. The van der Waals surface area contributed by atoms with Gasteiger partial charge in [0, 0.05) is 0 Å². The fourth-order valence-corrected chi connectivity index (χ4v) is 1.49. The van der Waals surface area contributed by atoms with Gasteiger partial charge >= 0.3 is 0 Å². The number of hydrogen-bond acceptors (Lipinski definition) is 4. The maximum atomic E-state index is 5.78. The molecule has 0 saturated carbocycles. The number of ether oxygens (including phenoxy) is 1. The van der Waals surface area contributed by atoms with Crippen molar-refractivity contribution < 1.29 is 4.74 Å². The van der Waals surface area contributed by atoms with E-state index >= 15 is 0 Å². The van der Waals surface area contributed by atoms with E-state index in [1.54, 1.807) is 7.11 Å². The Labute approximate surface area is 90.6 Å². The number of hydrogen-bond donors (Lipinski definition) is 3. The van der Waals surface area contributed by atoms with Gasteiger partial charge in [0.25, 0.3) is 0 Å². The first-order valence-electron chi connectivity index (χ1n) is 4.99. The second kappa shape index (κ2) is 5.11. The molecular formula is C11H19N3O. The maximum absolute atomic E-state index is 5.78. The van der Waals surface area contributed by atoms with E-state index in [-0.39, 0.29) is 6.17 Å². The molecule has 1 aromatic rings. The predicted octanol–water partition coefficient (Wildman–Crippen LogP) is 1.24. The van der Waals surface area contributed by atoms with Gasteiger partial charge in [-0.15, -0.1) is 0 Å². The van der Waals surface area contributed by atoms with E-state index in [1.165, 1.54) is 0 Å². The highest BCUT2D eigenvalue weighted by molar-refractivity contribution is 5.40.